The van der Waals surface area contributed by atoms with Crippen LogP contribution in [0.1, 0.15) is 24.3 Å². The van der Waals surface area contributed by atoms with Gasteiger partial charge in [-0.1, -0.05) is 23.7 Å². The molecule has 2 aromatic rings. The van der Waals surface area contributed by atoms with Gasteiger partial charge in [0.2, 0.25) is 5.95 Å². The topological polar surface area (TPSA) is 61.8 Å². The number of nitrogens with zero attached hydrogens (tertiary/aromatic N) is 5. The van der Waals surface area contributed by atoms with Crippen LogP contribution in [-0.4, -0.2) is 67.2 Å². The van der Waals surface area contributed by atoms with E-state index in [2.05, 4.69) is 14.9 Å². The molecule has 1 aliphatic rings. The molecule has 0 atom stereocenters. The first-order valence-corrected chi connectivity index (χ1v) is 9.91. The predicted molar refractivity (Wildman–Crippen MR) is 112 cm³/mol. The Morgan fingerprint density at radius 2 is 1.86 bits per heavy atom. The molecule has 2 heterocycles. The normalized spacial score (nSPS) is 14.1. The molecule has 1 aromatic carbocycles. The number of para-hydroxylation sites is 2. The van der Waals surface area contributed by atoms with Crippen LogP contribution in [0.2, 0.25) is 5.02 Å². The van der Waals surface area contributed by atoms with Gasteiger partial charge >= 0.3 is 0 Å². The van der Waals surface area contributed by atoms with E-state index in [1.54, 1.807) is 12.0 Å². The van der Waals surface area contributed by atoms with Crippen molar-refractivity contribution in [1.82, 2.24) is 14.9 Å². The van der Waals surface area contributed by atoms with Gasteiger partial charge in [-0.05, 0) is 26.0 Å². The number of aromatic nitrogens is 2. The summed E-state index contributed by atoms with van der Waals surface area (Å²) >= 11 is 6.25. The zero-order valence-electron chi connectivity index (χ0n) is 16.6. The van der Waals surface area contributed by atoms with Gasteiger partial charge in [0.15, 0.2) is 5.69 Å². The molecular weight excluding hydrogens is 378 g/mol. The van der Waals surface area contributed by atoms with Crippen LogP contribution in [0.4, 0.5) is 11.6 Å². The van der Waals surface area contributed by atoms with Gasteiger partial charge in [-0.3, -0.25) is 4.79 Å². The Labute approximate surface area is 170 Å². The summed E-state index contributed by atoms with van der Waals surface area (Å²) in [6.45, 7) is 8.22. The average molecular weight is 404 g/mol. The molecule has 8 heteroatoms. The van der Waals surface area contributed by atoms with Crippen molar-refractivity contribution in [2.24, 2.45) is 0 Å². The summed E-state index contributed by atoms with van der Waals surface area (Å²) in [5, 5.41) is 0.285. The third-order valence-electron chi connectivity index (χ3n) is 4.97. The highest BCUT2D eigenvalue weighted by atomic mass is 35.5. The van der Waals surface area contributed by atoms with Crippen LogP contribution in [0.25, 0.3) is 0 Å². The van der Waals surface area contributed by atoms with Crippen molar-refractivity contribution in [3.8, 4) is 5.75 Å². The molecule has 1 fully saturated rings. The van der Waals surface area contributed by atoms with E-state index in [1.165, 1.54) is 6.20 Å². The molecule has 0 N–H and O–H groups in total. The molecule has 28 heavy (non-hydrogen) atoms. The predicted octanol–water partition coefficient (Wildman–Crippen LogP) is 2.95. The largest absolute Gasteiger partial charge is 0.495 e. The van der Waals surface area contributed by atoms with Gasteiger partial charge in [-0.25, -0.2) is 9.97 Å². The van der Waals surface area contributed by atoms with Crippen LogP contribution >= 0.6 is 11.6 Å². The molecule has 1 aliphatic heterocycles. The van der Waals surface area contributed by atoms with Crippen molar-refractivity contribution in [3.05, 3.63) is 41.2 Å². The number of hydrogen-bond donors (Lipinski definition) is 0. The fourth-order valence-corrected chi connectivity index (χ4v) is 3.53. The standard InChI is InChI=1S/C20H26ClN5O2/c1-4-24(5-2)20-22-14-15(21)18(23-20)19(27)26-12-10-25(11-13-26)16-8-6-7-9-17(16)28-3/h6-9,14H,4-5,10-13H2,1-3H3. The molecule has 0 bridgehead atoms. The summed E-state index contributed by atoms with van der Waals surface area (Å²) in [7, 11) is 1.67. The minimum Gasteiger partial charge on any atom is -0.495 e. The quantitative estimate of drug-likeness (QED) is 0.739. The first-order valence-electron chi connectivity index (χ1n) is 9.53. The van der Waals surface area contributed by atoms with Gasteiger partial charge in [0.05, 0.1) is 24.0 Å². The Hall–Kier alpha value is -2.54. The van der Waals surface area contributed by atoms with Crippen LogP contribution < -0.4 is 14.5 Å². The zero-order chi connectivity index (χ0) is 20.1. The number of anilines is 2. The molecule has 1 aromatic heterocycles. The van der Waals surface area contributed by atoms with Gasteiger partial charge in [-0.15, -0.1) is 0 Å². The Balaban J connectivity index is 1.72. The molecule has 0 aliphatic carbocycles. The zero-order valence-corrected chi connectivity index (χ0v) is 17.3. The number of benzene rings is 1. The highest BCUT2D eigenvalue weighted by Gasteiger charge is 2.26. The Kier molecular flexibility index (Phi) is 6.57. The summed E-state index contributed by atoms with van der Waals surface area (Å²) in [5.74, 6) is 1.22. The fourth-order valence-electron chi connectivity index (χ4n) is 3.36. The van der Waals surface area contributed by atoms with E-state index in [0.717, 1.165) is 37.6 Å². The SMILES string of the molecule is CCN(CC)c1ncc(Cl)c(C(=O)N2CCN(c3ccccc3OC)CC2)n1. The highest BCUT2D eigenvalue weighted by Crippen LogP contribution is 2.28. The fraction of sp³-hybridized carbons (Fsp3) is 0.450. The number of amides is 1. The average Bonchev–Trinajstić information content (AvgIpc) is 2.75. The van der Waals surface area contributed by atoms with Crippen LogP contribution in [0.15, 0.2) is 30.5 Å². The number of carbonyl (C=O) groups excluding carboxylic acids is 1. The van der Waals surface area contributed by atoms with Crippen molar-refractivity contribution < 1.29 is 9.53 Å². The maximum absolute atomic E-state index is 13.0. The minimum atomic E-state index is -0.152. The molecule has 3 rings (SSSR count). The molecule has 0 unspecified atom stereocenters. The summed E-state index contributed by atoms with van der Waals surface area (Å²) in [5.41, 5.74) is 1.31. The minimum absolute atomic E-state index is 0.152. The Bertz CT molecular complexity index is 820. The number of ether oxygens (including phenoxy) is 1. The van der Waals surface area contributed by atoms with Crippen molar-refractivity contribution >= 4 is 29.1 Å². The van der Waals surface area contributed by atoms with Crippen LogP contribution in [0.3, 0.4) is 0 Å². The van der Waals surface area contributed by atoms with Gasteiger partial charge in [0, 0.05) is 39.3 Å². The second-order valence-corrected chi connectivity index (χ2v) is 6.90. The lowest BCUT2D eigenvalue weighted by atomic mass is 10.2. The molecule has 1 amide bonds. The number of rotatable bonds is 6. The number of piperazine rings is 1. The van der Waals surface area contributed by atoms with E-state index < -0.39 is 0 Å². The van der Waals surface area contributed by atoms with E-state index in [1.807, 2.05) is 43.0 Å². The van der Waals surface area contributed by atoms with Crippen LogP contribution in [-0.2, 0) is 0 Å². The number of halogens is 1. The maximum Gasteiger partial charge on any atom is 0.274 e. The first-order chi connectivity index (χ1) is 13.6. The monoisotopic (exact) mass is 403 g/mol. The number of hydrogen-bond acceptors (Lipinski definition) is 6. The molecule has 1 saturated heterocycles. The van der Waals surface area contributed by atoms with Gasteiger partial charge < -0.3 is 19.4 Å². The summed E-state index contributed by atoms with van der Waals surface area (Å²) in [6.07, 6.45) is 1.51. The molecule has 7 nitrogen and oxygen atoms in total. The first kappa shape index (κ1) is 20.2. The van der Waals surface area contributed by atoms with Crippen molar-refractivity contribution in [3.63, 3.8) is 0 Å². The molecular formula is C20H26ClN5O2. The van der Waals surface area contributed by atoms with E-state index in [-0.39, 0.29) is 16.6 Å². The lowest BCUT2D eigenvalue weighted by Crippen LogP contribution is -2.49. The van der Waals surface area contributed by atoms with Crippen LogP contribution in [0, 0.1) is 0 Å². The lowest BCUT2D eigenvalue weighted by Gasteiger charge is -2.36. The second-order valence-electron chi connectivity index (χ2n) is 6.49. The Morgan fingerprint density at radius 3 is 2.50 bits per heavy atom. The molecule has 0 radical (unpaired) electrons. The Morgan fingerprint density at radius 1 is 1.18 bits per heavy atom. The van der Waals surface area contributed by atoms with E-state index in [4.69, 9.17) is 16.3 Å². The second kappa shape index (κ2) is 9.10. The molecule has 0 saturated carbocycles. The van der Waals surface area contributed by atoms with Crippen LogP contribution in [0.5, 0.6) is 5.75 Å². The molecule has 150 valence electrons. The number of methoxy groups -OCH3 is 1. The van der Waals surface area contributed by atoms with Crippen molar-refractivity contribution in [2.75, 3.05) is 56.2 Å². The van der Waals surface area contributed by atoms with E-state index in [9.17, 15) is 4.79 Å². The summed E-state index contributed by atoms with van der Waals surface area (Å²) in [6, 6.07) is 7.92. The smallest absolute Gasteiger partial charge is 0.274 e. The van der Waals surface area contributed by atoms with Gasteiger partial charge in [-0.2, -0.15) is 0 Å². The summed E-state index contributed by atoms with van der Waals surface area (Å²) in [4.78, 5) is 27.8. The molecule has 0 spiro atoms. The third kappa shape index (κ3) is 4.14. The maximum atomic E-state index is 13.0. The lowest BCUT2D eigenvalue weighted by molar-refractivity contribution is 0.0741. The van der Waals surface area contributed by atoms with Crippen molar-refractivity contribution in [2.45, 2.75) is 13.8 Å². The van der Waals surface area contributed by atoms with Gasteiger partial charge in [0.1, 0.15) is 5.75 Å². The number of carbonyl (C=O) groups is 1. The third-order valence-corrected chi connectivity index (χ3v) is 5.25. The summed E-state index contributed by atoms with van der Waals surface area (Å²) < 4.78 is 5.45. The van der Waals surface area contributed by atoms with E-state index >= 15 is 0 Å². The van der Waals surface area contributed by atoms with E-state index in [0.29, 0.717) is 19.0 Å². The van der Waals surface area contributed by atoms with Crippen molar-refractivity contribution in [1.29, 1.82) is 0 Å². The highest BCUT2D eigenvalue weighted by molar-refractivity contribution is 6.33. The van der Waals surface area contributed by atoms with Gasteiger partial charge in [0.25, 0.3) is 5.91 Å².